The summed E-state index contributed by atoms with van der Waals surface area (Å²) in [5, 5.41) is 10.8. The van der Waals surface area contributed by atoms with Crippen LogP contribution in [0.15, 0.2) is 18.3 Å². The van der Waals surface area contributed by atoms with Crippen LogP contribution in [0.25, 0.3) is 16.6 Å². The second-order valence-corrected chi connectivity index (χ2v) is 5.41. The van der Waals surface area contributed by atoms with Crippen LogP contribution in [0.5, 0.6) is 5.75 Å². The Morgan fingerprint density at radius 1 is 0.955 bits per heavy atom. The fourth-order valence-electron chi connectivity index (χ4n) is 3.07. The van der Waals surface area contributed by atoms with Crippen LogP contribution in [0.3, 0.4) is 0 Å². The highest BCUT2D eigenvalue weighted by molar-refractivity contribution is 5.92. The van der Waals surface area contributed by atoms with Gasteiger partial charge in [-0.1, -0.05) is 0 Å². The molecule has 0 saturated carbocycles. The predicted octanol–water partition coefficient (Wildman–Crippen LogP) is 3.45. The van der Waals surface area contributed by atoms with Gasteiger partial charge in [-0.25, -0.2) is 4.98 Å². The highest BCUT2D eigenvalue weighted by Gasteiger charge is 2.18. The van der Waals surface area contributed by atoms with E-state index in [1.165, 1.54) is 10.8 Å². The van der Waals surface area contributed by atoms with Gasteiger partial charge in [-0.15, -0.1) is 0 Å². The van der Waals surface area contributed by atoms with Crippen molar-refractivity contribution in [2.24, 2.45) is 0 Å². The summed E-state index contributed by atoms with van der Waals surface area (Å²) in [5.41, 5.74) is 4.18. The molecule has 3 aromatic heterocycles. The quantitative estimate of drug-likeness (QED) is 0.743. The van der Waals surface area contributed by atoms with Crippen LogP contribution in [0.1, 0.15) is 29.7 Å². The Morgan fingerprint density at radius 3 is 2.00 bits per heavy atom. The zero-order valence-electron chi connectivity index (χ0n) is 13.6. The molecule has 22 heavy (non-hydrogen) atoms. The van der Waals surface area contributed by atoms with E-state index in [-0.39, 0.29) is 0 Å². The van der Waals surface area contributed by atoms with Gasteiger partial charge in [-0.05, 0) is 46.8 Å². The molecule has 3 heterocycles. The molecule has 0 aliphatic rings. The summed E-state index contributed by atoms with van der Waals surface area (Å²) >= 11 is 0. The molecule has 0 bridgehead atoms. The molecular weight excluding hydrogens is 276 g/mol. The maximum atomic E-state index is 5.46. The summed E-state index contributed by atoms with van der Waals surface area (Å²) < 4.78 is 7.62. The summed E-state index contributed by atoms with van der Waals surface area (Å²) in [5.74, 6) is 1.67. The number of ether oxygens (including phenoxy) is 1. The number of aryl methyl sites for hydroxylation is 4. The van der Waals surface area contributed by atoms with E-state index in [9.17, 15) is 0 Å². The van der Waals surface area contributed by atoms with Crippen molar-refractivity contribution in [1.29, 1.82) is 0 Å². The third-order valence-corrected chi connectivity index (χ3v) is 3.98. The maximum absolute atomic E-state index is 5.46. The van der Waals surface area contributed by atoms with Gasteiger partial charge >= 0.3 is 0 Å². The van der Waals surface area contributed by atoms with E-state index >= 15 is 0 Å². The van der Waals surface area contributed by atoms with E-state index in [0.717, 1.165) is 34.3 Å². The van der Waals surface area contributed by atoms with Crippen molar-refractivity contribution in [3.05, 3.63) is 41.1 Å². The standard InChI is InChI=1S/C17H20N4O/c1-6-22-14-7-8-15(18-9-14)21-12(4)16-10(2)19-20-11(3)17(16)13(21)5/h7-9H,6H2,1-5H3. The average molecular weight is 296 g/mol. The van der Waals surface area contributed by atoms with E-state index in [1.54, 1.807) is 6.20 Å². The second-order valence-electron chi connectivity index (χ2n) is 5.41. The number of aromatic nitrogens is 4. The van der Waals surface area contributed by atoms with Crippen LogP contribution in [-0.4, -0.2) is 26.4 Å². The third-order valence-electron chi connectivity index (χ3n) is 3.98. The van der Waals surface area contributed by atoms with E-state index in [0.29, 0.717) is 6.61 Å². The number of pyridine rings is 1. The fraction of sp³-hybridized carbons (Fsp3) is 0.353. The first-order chi connectivity index (χ1) is 10.5. The Kier molecular flexibility index (Phi) is 3.56. The van der Waals surface area contributed by atoms with Gasteiger partial charge in [0.15, 0.2) is 0 Å². The minimum Gasteiger partial charge on any atom is -0.492 e. The number of fused-ring (bicyclic) bond motifs is 1. The first-order valence-electron chi connectivity index (χ1n) is 7.45. The van der Waals surface area contributed by atoms with E-state index in [2.05, 4.69) is 33.6 Å². The summed E-state index contributed by atoms with van der Waals surface area (Å²) in [7, 11) is 0. The molecule has 3 aromatic rings. The topological polar surface area (TPSA) is 52.8 Å². The fourth-order valence-corrected chi connectivity index (χ4v) is 3.07. The largest absolute Gasteiger partial charge is 0.492 e. The Balaban J connectivity index is 2.23. The van der Waals surface area contributed by atoms with E-state index in [4.69, 9.17) is 4.74 Å². The molecule has 3 rings (SSSR count). The summed E-state index contributed by atoms with van der Waals surface area (Å²) in [4.78, 5) is 4.54. The molecule has 0 aromatic carbocycles. The molecule has 0 unspecified atom stereocenters. The predicted molar refractivity (Wildman–Crippen MR) is 86.8 cm³/mol. The Labute approximate surface area is 130 Å². The monoisotopic (exact) mass is 296 g/mol. The van der Waals surface area contributed by atoms with Gasteiger partial charge in [0.05, 0.1) is 24.2 Å². The van der Waals surface area contributed by atoms with Crippen molar-refractivity contribution in [1.82, 2.24) is 19.7 Å². The Bertz CT molecular complexity index is 789. The van der Waals surface area contributed by atoms with Crippen molar-refractivity contribution in [3.63, 3.8) is 0 Å². The minimum atomic E-state index is 0.641. The molecule has 0 amide bonds. The van der Waals surface area contributed by atoms with Gasteiger partial charge in [0.1, 0.15) is 11.6 Å². The van der Waals surface area contributed by atoms with Gasteiger partial charge < -0.3 is 9.30 Å². The molecule has 0 N–H and O–H groups in total. The number of nitrogens with zero attached hydrogens (tertiary/aromatic N) is 4. The Hall–Kier alpha value is -2.43. The molecule has 0 atom stereocenters. The lowest BCUT2D eigenvalue weighted by Gasteiger charge is -2.09. The zero-order chi connectivity index (χ0) is 15.9. The van der Waals surface area contributed by atoms with Crippen molar-refractivity contribution >= 4 is 10.8 Å². The van der Waals surface area contributed by atoms with Gasteiger partial charge in [0.2, 0.25) is 0 Å². The maximum Gasteiger partial charge on any atom is 0.137 e. The first-order valence-corrected chi connectivity index (χ1v) is 7.45. The van der Waals surface area contributed by atoms with Crippen LogP contribution in [0.2, 0.25) is 0 Å². The van der Waals surface area contributed by atoms with Crippen molar-refractivity contribution in [2.75, 3.05) is 6.61 Å². The Morgan fingerprint density at radius 2 is 1.55 bits per heavy atom. The smallest absolute Gasteiger partial charge is 0.137 e. The molecule has 0 aliphatic carbocycles. The zero-order valence-corrected chi connectivity index (χ0v) is 13.6. The van der Waals surface area contributed by atoms with E-state index in [1.807, 2.05) is 32.9 Å². The molecule has 0 fully saturated rings. The van der Waals surface area contributed by atoms with Crippen molar-refractivity contribution in [3.8, 4) is 11.6 Å². The van der Waals surface area contributed by atoms with Crippen LogP contribution in [-0.2, 0) is 0 Å². The van der Waals surface area contributed by atoms with Gasteiger partial charge in [-0.2, -0.15) is 10.2 Å². The van der Waals surface area contributed by atoms with Crippen molar-refractivity contribution in [2.45, 2.75) is 34.6 Å². The van der Waals surface area contributed by atoms with Gasteiger partial charge in [0.25, 0.3) is 0 Å². The summed E-state index contributed by atoms with van der Waals surface area (Å²) in [6, 6.07) is 3.93. The normalized spacial score (nSPS) is 11.1. The lowest BCUT2D eigenvalue weighted by molar-refractivity contribution is 0.339. The lowest BCUT2D eigenvalue weighted by Crippen LogP contribution is -2.02. The minimum absolute atomic E-state index is 0.641. The molecule has 5 heteroatoms. The molecule has 5 nitrogen and oxygen atoms in total. The third kappa shape index (κ3) is 2.13. The SMILES string of the molecule is CCOc1ccc(-n2c(C)c3c(C)nnc(C)c3c2C)nc1. The van der Waals surface area contributed by atoms with Crippen LogP contribution < -0.4 is 4.74 Å². The molecule has 114 valence electrons. The molecule has 0 radical (unpaired) electrons. The lowest BCUT2D eigenvalue weighted by atomic mass is 10.1. The van der Waals surface area contributed by atoms with Crippen LogP contribution in [0, 0.1) is 27.7 Å². The molecule has 0 aliphatic heterocycles. The van der Waals surface area contributed by atoms with Gasteiger partial charge in [-0.3, -0.25) is 0 Å². The molecule has 0 spiro atoms. The summed E-state index contributed by atoms with van der Waals surface area (Å²) in [6.45, 7) is 10.8. The van der Waals surface area contributed by atoms with E-state index < -0.39 is 0 Å². The van der Waals surface area contributed by atoms with Crippen molar-refractivity contribution < 1.29 is 4.74 Å². The highest BCUT2D eigenvalue weighted by atomic mass is 16.5. The molecular formula is C17H20N4O. The average Bonchev–Trinajstić information content (AvgIpc) is 2.77. The highest BCUT2D eigenvalue weighted by Crippen LogP contribution is 2.31. The van der Waals surface area contributed by atoms with Crippen LogP contribution in [0.4, 0.5) is 0 Å². The summed E-state index contributed by atoms with van der Waals surface area (Å²) in [6.07, 6.45) is 1.76. The van der Waals surface area contributed by atoms with Gasteiger partial charge in [0, 0.05) is 22.2 Å². The molecule has 0 saturated heterocycles. The number of hydrogen-bond acceptors (Lipinski definition) is 4. The number of rotatable bonds is 3. The first kappa shape index (κ1) is 14.5. The number of hydrogen-bond donors (Lipinski definition) is 0. The van der Waals surface area contributed by atoms with Crippen LogP contribution >= 0.6 is 0 Å². The second kappa shape index (κ2) is 5.40.